The molecule has 0 aliphatic carbocycles. The van der Waals surface area contributed by atoms with E-state index in [2.05, 4.69) is 5.32 Å². The van der Waals surface area contributed by atoms with E-state index in [1.807, 2.05) is 30.3 Å². The molecule has 22 heavy (non-hydrogen) atoms. The van der Waals surface area contributed by atoms with Crippen LogP contribution in [0.25, 0.3) is 0 Å². The van der Waals surface area contributed by atoms with Crippen LogP contribution in [-0.4, -0.2) is 53.2 Å². The Bertz CT molecular complexity index is 451. The van der Waals surface area contributed by atoms with Crippen LogP contribution < -0.4 is 5.32 Å². The summed E-state index contributed by atoms with van der Waals surface area (Å²) >= 11 is 0. The Morgan fingerprint density at radius 2 is 1.73 bits per heavy atom. The number of hydrogen-bond donors (Lipinski definition) is 3. The van der Waals surface area contributed by atoms with Crippen LogP contribution in [0.1, 0.15) is 24.8 Å². The predicted octanol–water partition coefficient (Wildman–Crippen LogP) is 0.286. The summed E-state index contributed by atoms with van der Waals surface area (Å²) in [6, 6.07) is 9.33. The lowest BCUT2D eigenvalue weighted by atomic mass is 10.2. The quantitative estimate of drug-likeness (QED) is 0.452. The molecule has 0 heterocycles. The van der Waals surface area contributed by atoms with Gasteiger partial charge in [-0.3, -0.25) is 9.59 Å². The molecule has 0 spiro atoms. The fourth-order valence-electron chi connectivity index (χ4n) is 2.01. The lowest BCUT2D eigenvalue weighted by molar-refractivity contribution is -0.146. The Hall–Kier alpha value is -1.92. The molecule has 0 aromatic heterocycles. The monoisotopic (exact) mass is 308 g/mol. The normalized spacial score (nSPS) is 10.3. The first-order valence-electron chi connectivity index (χ1n) is 7.51. The van der Waals surface area contributed by atoms with Crippen LogP contribution in [0.2, 0.25) is 0 Å². The van der Waals surface area contributed by atoms with E-state index < -0.39 is 11.8 Å². The predicted molar refractivity (Wildman–Crippen MR) is 82.9 cm³/mol. The van der Waals surface area contributed by atoms with E-state index in [0.29, 0.717) is 13.0 Å². The summed E-state index contributed by atoms with van der Waals surface area (Å²) in [6.07, 6.45) is 2.21. The van der Waals surface area contributed by atoms with Gasteiger partial charge in [-0.25, -0.2) is 0 Å². The van der Waals surface area contributed by atoms with Crippen molar-refractivity contribution < 1.29 is 19.8 Å². The largest absolute Gasteiger partial charge is 0.396 e. The van der Waals surface area contributed by atoms with E-state index in [1.165, 1.54) is 4.90 Å². The second-order valence-electron chi connectivity index (χ2n) is 4.98. The van der Waals surface area contributed by atoms with E-state index in [0.717, 1.165) is 18.4 Å². The van der Waals surface area contributed by atoms with Crippen molar-refractivity contribution in [2.45, 2.75) is 25.8 Å². The first-order valence-corrected chi connectivity index (χ1v) is 7.51. The lowest BCUT2D eigenvalue weighted by Crippen LogP contribution is -2.44. The van der Waals surface area contributed by atoms with Crippen molar-refractivity contribution in [1.29, 1.82) is 0 Å². The second kappa shape index (κ2) is 10.8. The second-order valence-corrected chi connectivity index (χ2v) is 4.98. The summed E-state index contributed by atoms with van der Waals surface area (Å²) in [6.45, 7) is 0.753. The summed E-state index contributed by atoms with van der Waals surface area (Å²) in [5, 5.41) is 20.3. The molecule has 1 rings (SSSR count). The van der Waals surface area contributed by atoms with Crippen molar-refractivity contribution in [2.24, 2.45) is 0 Å². The summed E-state index contributed by atoms with van der Waals surface area (Å²) in [5.41, 5.74) is 0.903. The Morgan fingerprint density at radius 3 is 2.36 bits per heavy atom. The van der Waals surface area contributed by atoms with E-state index in [9.17, 15) is 9.59 Å². The molecule has 6 heteroatoms. The van der Waals surface area contributed by atoms with Gasteiger partial charge in [0.1, 0.15) is 0 Å². The van der Waals surface area contributed by atoms with Crippen LogP contribution in [-0.2, 0) is 16.1 Å². The molecular formula is C16H24N2O4. The summed E-state index contributed by atoms with van der Waals surface area (Å²) in [5.74, 6) is -1.30. The minimum atomic E-state index is -0.659. The number of unbranched alkanes of at least 4 members (excludes halogenated alkanes) is 2. The molecule has 1 aromatic rings. The van der Waals surface area contributed by atoms with E-state index in [-0.39, 0.29) is 26.3 Å². The number of benzene rings is 1. The molecule has 6 nitrogen and oxygen atoms in total. The molecular weight excluding hydrogens is 284 g/mol. The van der Waals surface area contributed by atoms with Crippen molar-refractivity contribution in [3.05, 3.63) is 35.9 Å². The number of aliphatic hydroxyl groups is 2. The van der Waals surface area contributed by atoms with Crippen LogP contribution in [0.5, 0.6) is 0 Å². The topological polar surface area (TPSA) is 89.9 Å². The molecule has 0 bridgehead atoms. The highest BCUT2D eigenvalue weighted by atomic mass is 16.3. The zero-order valence-corrected chi connectivity index (χ0v) is 12.7. The number of nitrogens with zero attached hydrogens (tertiary/aromatic N) is 1. The highest BCUT2D eigenvalue weighted by Crippen LogP contribution is 2.04. The zero-order chi connectivity index (χ0) is 16.2. The fraction of sp³-hybridized carbons (Fsp3) is 0.500. The zero-order valence-electron chi connectivity index (χ0n) is 12.7. The van der Waals surface area contributed by atoms with E-state index in [1.54, 1.807) is 0 Å². The van der Waals surface area contributed by atoms with Gasteiger partial charge in [0.15, 0.2) is 0 Å². The number of aliphatic hydroxyl groups excluding tert-OH is 2. The maximum absolute atomic E-state index is 12.1. The first-order chi connectivity index (χ1) is 10.7. The van der Waals surface area contributed by atoms with Crippen LogP contribution >= 0.6 is 0 Å². The van der Waals surface area contributed by atoms with Crippen molar-refractivity contribution in [2.75, 3.05) is 26.3 Å². The Balaban J connectivity index is 2.47. The van der Waals surface area contributed by atoms with Gasteiger partial charge in [-0.1, -0.05) is 30.3 Å². The summed E-state index contributed by atoms with van der Waals surface area (Å²) in [7, 11) is 0. The molecule has 3 N–H and O–H groups in total. The van der Waals surface area contributed by atoms with Crippen molar-refractivity contribution in [3.63, 3.8) is 0 Å². The van der Waals surface area contributed by atoms with Crippen molar-refractivity contribution >= 4 is 11.8 Å². The molecule has 0 aliphatic rings. The Kier molecular flexibility index (Phi) is 8.86. The highest BCUT2D eigenvalue weighted by Gasteiger charge is 2.21. The van der Waals surface area contributed by atoms with Gasteiger partial charge in [0.05, 0.1) is 6.61 Å². The molecule has 0 saturated carbocycles. The molecule has 1 aromatic carbocycles. The maximum Gasteiger partial charge on any atom is 0.312 e. The van der Waals surface area contributed by atoms with Crippen LogP contribution in [0.3, 0.4) is 0 Å². The van der Waals surface area contributed by atoms with Gasteiger partial charge >= 0.3 is 11.8 Å². The minimum absolute atomic E-state index is 0.117. The number of carbonyl (C=O) groups is 2. The van der Waals surface area contributed by atoms with Gasteiger partial charge in [-0.05, 0) is 24.8 Å². The van der Waals surface area contributed by atoms with Gasteiger partial charge in [0, 0.05) is 26.2 Å². The lowest BCUT2D eigenvalue weighted by Gasteiger charge is -2.21. The first kappa shape index (κ1) is 18.1. The third-order valence-corrected chi connectivity index (χ3v) is 3.19. The molecule has 0 saturated heterocycles. The van der Waals surface area contributed by atoms with Gasteiger partial charge in [0.2, 0.25) is 0 Å². The van der Waals surface area contributed by atoms with Gasteiger partial charge in [0.25, 0.3) is 0 Å². The fourth-order valence-corrected chi connectivity index (χ4v) is 2.01. The molecule has 0 unspecified atom stereocenters. The summed E-state index contributed by atoms with van der Waals surface area (Å²) in [4.78, 5) is 25.3. The van der Waals surface area contributed by atoms with Crippen LogP contribution in [0.15, 0.2) is 30.3 Å². The standard InChI is InChI=1S/C16H24N2O4/c19-11-6-2-5-9-17-15(21)16(22)18(10-12-20)13-14-7-3-1-4-8-14/h1,3-4,7-8,19-20H,2,5-6,9-13H2,(H,17,21). The third kappa shape index (κ3) is 6.69. The number of hydrogen-bond acceptors (Lipinski definition) is 4. The smallest absolute Gasteiger partial charge is 0.312 e. The van der Waals surface area contributed by atoms with Gasteiger partial charge < -0.3 is 20.4 Å². The number of carbonyl (C=O) groups excluding carboxylic acids is 2. The molecule has 0 radical (unpaired) electrons. The Labute approximate surface area is 130 Å². The SMILES string of the molecule is O=C(NCCCCCO)C(=O)N(CCO)Cc1ccccc1. The summed E-state index contributed by atoms with van der Waals surface area (Å²) < 4.78 is 0. The average molecular weight is 308 g/mol. The molecule has 2 amide bonds. The number of nitrogens with one attached hydrogen (secondary N) is 1. The Morgan fingerprint density at radius 1 is 1.00 bits per heavy atom. The maximum atomic E-state index is 12.1. The molecule has 0 atom stereocenters. The van der Waals surface area contributed by atoms with Gasteiger partial charge in [-0.2, -0.15) is 0 Å². The van der Waals surface area contributed by atoms with Crippen LogP contribution in [0.4, 0.5) is 0 Å². The molecule has 0 aliphatic heterocycles. The van der Waals surface area contributed by atoms with E-state index in [4.69, 9.17) is 10.2 Å². The third-order valence-electron chi connectivity index (χ3n) is 3.19. The number of amides is 2. The number of rotatable bonds is 9. The molecule has 122 valence electrons. The molecule has 0 fully saturated rings. The van der Waals surface area contributed by atoms with Gasteiger partial charge in [-0.15, -0.1) is 0 Å². The van der Waals surface area contributed by atoms with Crippen LogP contribution in [0, 0.1) is 0 Å². The van der Waals surface area contributed by atoms with Crippen molar-refractivity contribution in [3.8, 4) is 0 Å². The highest BCUT2D eigenvalue weighted by molar-refractivity contribution is 6.34. The minimum Gasteiger partial charge on any atom is -0.396 e. The van der Waals surface area contributed by atoms with Crippen molar-refractivity contribution in [1.82, 2.24) is 10.2 Å². The average Bonchev–Trinajstić information content (AvgIpc) is 2.54. The van der Waals surface area contributed by atoms with E-state index >= 15 is 0 Å².